The standard InChI is InChI=1S/C32H36F6N6O3/c1-4-24-28(39)27(22-16-21(46-3)6-7-25(22)44(24)30(45)47-5-2)29-41-17-26(43-10-8-40-9-11-43)23(42-29)14-18-12-19(31(33,34)35)15-20(13-18)32(36,37)38/h6-7,12-13,15-17,24,27-28,40H,4-5,8-11,14,39H2,1-3H3. The number of ether oxygens (including phenoxy) is 2. The molecule has 3 unspecified atom stereocenters. The van der Waals surface area contributed by atoms with Crippen LogP contribution in [0, 0.1) is 0 Å². The second-order valence-corrected chi connectivity index (χ2v) is 11.4. The van der Waals surface area contributed by atoms with Crippen molar-refractivity contribution < 1.29 is 40.6 Å². The molecule has 47 heavy (non-hydrogen) atoms. The third-order valence-corrected chi connectivity index (χ3v) is 8.49. The molecule has 254 valence electrons. The summed E-state index contributed by atoms with van der Waals surface area (Å²) in [6, 6.07) is 5.36. The predicted molar refractivity (Wildman–Crippen MR) is 163 cm³/mol. The van der Waals surface area contributed by atoms with E-state index in [4.69, 9.17) is 20.2 Å². The number of aromatic nitrogens is 2. The van der Waals surface area contributed by atoms with Gasteiger partial charge < -0.3 is 25.4 Å². The number of methoxy groups -OCH3 is 1. The fourth-order valence-corrected chi connectivity index (χ4v) is 6.29. The van der Waals surface area contributed by atoms with Crippen LogP contribution in [0.15, 0.2) is 42.6 Å². The minimum atomic E-state index is -4.99. The number of fused-ring (bicyclic) bond motifs is 1. The van der Waals surface area contributed by atoms with E-state index in [1.54, 1.807) is 31.3 Å². The zero-order valence-electron chi connectivity index (χ0n) is 26.1. The van der Waals surface area contributed by atoms with E-state index >= 15 is 0 Å². The Morgan fingerprint density at radius 3 is 2.23 bits per heavy atom. The lowest BCUT2D eigenvalue weighted by atomic mass is 9.80. The normalized spacial score (nSPS) is 20.2. The van der Waals surface area contributed by atoms with Crippen molar-refractivity contribution in [2.24, 2.45) is 5.73 Å². The summed E-state index contributed by atoms with van der Waals surface area (Å²) in [7, 11) is 1.48. The van der Waals surface area contributed by atoms with Crippen LogP contribution in [-0.2, 0) is 23.5 Å². The van der Waals surface area contributed by atoms with E-state index < -0.39 is 47.6 Å². The lowest BCUT2D eigenvalue weighted by Gasteiger charge is -2.43. The molecule has 3 atom stereocenters. The molecule has 0 bridgehead atoms. The maximum absolute atomic E-state index is 13.7. The van der Waals surface area contributed by atoms with E-state index in [-0.39, 0.29) is 36.2 Å². The van der Waals surface area contributed by atoms with Gasteiger partial charge in [-0.3, -0.25) is 4.90 Å². The molecule has 0 saturated carbocycles. The van der Waals surface area contributed by atoms with Gasteiger partial charge in [-0.2, -0.15) is 26.3 Å². The van der Waals surface area contributed by atoms with Crippen molar-refractivity contribution in [2.45, 2.75) is 57.0 Å². The molecule has 2 aromatic carbocycles. The van der Waals surface area contributed by atoms with Gasteiger partial charge in [0.1, 0.15) is 11.6 Å². The first-order valence-corrected chi connectivity index (χ1v) is 15.3. The summed E-state index contributed by atoms with van der Waals surface area (Å²) in [6.45, 7) is 5.99. The largest absolute Gasteiger partial charge is 0.497 e. The van der Waals surface area contributed by atoms with Crippen molar-refractivity contribution in [3.8, 4) is 5.75 Å². The maximum Gasteiger partial charge on any atom is 0.416 e. The molecule has 0 aliphatic carbocycles. The molecule has 1 amide bonds. The van der Waals surface area contributed by atoms with Gasteiger partial charge in [0.05, 0.1) is 60.1 Å². The third-order valence-electron chi connectivity index (χ3n) is 8.49. The van der Waals surface area contributed by atoms with Gasteiger partial charge in [0.2, 0.25) is 0 Å². The van der Waals surface area contributed by atoms with Crippen LogP contribution in [0.2, 0.25) is 0 Å². The van der Waals surface area contributed by atoms with Gasteiger partial charge in [-0.25, -0.2) is 14.8 Å². The highest BCUT2D eigenvalue weighted by atomic mass is 19.4. The van der Waals surface area contributed by atoms with Crippen molar-refractivity contribution in [3.05, 3.63) is 76.4 Å². The highest BCUT2D eigenvalue weighted by Crippen LogP contribution is 2.44. The number of nitrogens with one attached hydrogen (secondary N) is 1. The average Bonchev–Trinajstić information content (AvgIpc) is 3.03. The number of rotatable bonds is 7. The highest BCUT2D eigenvalue weighted by molar-refractivity contribution is 5.91. The van der Waals surface area contributed by atoms with Crippen LogP contribution in [0.4, 0.5) is 42.5 Å². The molecule has 0 spiro atoms. The van der Waals surface area contributed by atoms with Gasteiger partial charge in [-0.15, -0.1) is 0 Å². The van der Waals surface area contributed by atoms with E-state index in [9.17, 15) is 31.1 Å². The topological polar surface area (TPSA) is 106 Å². The first kappa shape index (κ1) is 34.2. The minimum Gasteiger partial charge on any atom is -0.497 e. The molecule has 0 radical (unpaired) electrons. The molecule has 2 aliphatic heterocycles. The highest BCUT2D eigenvalue weighted by Gasteiger charge is 2.44. The molecule has 3 N–H and O–H groups in total. The lowest BCUT2D eigenvalue weighted by Crippen LogP contribution is -2.57. The van der Waals surface area contributed by atoms with E-state index in [2.05, 4.69) is 10.3 Å². The number of carbonyl (C=O) groups is 1. The summed E-state index contributed by atoms with van der Waals surface area (Å²) in [4.78, 5) is 26.1. The molecule has 1 aromatic heterocycles. The molecular formula is C32H36F6N6O3. The summed E-state index contributed by atoms with van der Waals surface area (Å²) in [5.74, 6) is -0.0225. The number of carbonyl (C=O) groups excluding carboxylic acids is 1. The number of hydrogen-bond donors (Lipinski definition) is 2. The fourth-order valence-electron chi connectivity index (χ4n) is 6.29. The number of nitrogens with two attached hydrogens (primary N) is 1. The van der Waals surface area contributed by atoms with E-state index in [1.807, 2.05) is 11.8 Å². The Hall–Kier alpha value is -4.11. The number of alkyl halides is 6. The number of hydrogen-bond acceptors (Lipinski definition) is 8. The number of amides is 1. The van der Waals surface area contributed by atoms with Gasteiger partial charge in [0, 0.05) is 38.6 Å². The summed E-state index contributed by atoms with van der Waals surface area (Å²) < 4.78 is 93.2. The summed E-state index contributed by atoms with van der Waals surface area (Å²) in [6.07, 6.45) is -8.91. The maximum atomic E-state index is 13.7. The second-order valence-electron chi connectivity index (χ2n) is 11.4. The molecule has 3 aromatic rings. The van der Waals surface area contributed by atoms with Crippen LogP contribution in [0.5, 0.6) is 5.75 Å². The van der Waals surface area contributed by atoms with Crippen LogP contribution in [0.1, 0.15) is 60.0 Å². The van der Waals surface area contributed by atoms with Crippen LogP contribution >= 0.6 is 0 Å². The van der Waals surface area contributed by atoms with E-state index in [1.165, 1.54) is 12.0 Å². The van der Waals surface area contributed by atoms with Gasteiger partial charge in [0.15, 0.2) is 0 Å². The Morgan fingerprint density at radius 1 is 1.00 bits per heavy atom. The Bertz CT molecular complexity index is 1560. The summed E-state index contributed by atoms with van der Waals surface area (Å²) in [5.41, 5.74) is 5.69. The van der Waals surface area contributed by atoms with Gasteiger partial charge in [-0.1, -0.05) is 6.92 Å². The van der Waals surface area contributed by atoms with Gasteiger partial charge >= 0.3 is 18.4 Å². The smallest absolute Gasteiger partial charge is 0.416 e. The number of piperazine rings is 1. The zero-order valence-corrected chi connectivity index (χ0v) is 26.1. The van der Waals surface area contributed by atoms with Crippen LogP contribution in [0.3, 0.4) is 0 Å². The van der Waals surface area contributed by atoms with Crippen LogP contribution in [-0.4, -0.2) is 68.0 Å². The average molecular weight is 667 g/mol. The van der Waals surface area contributed by atoms with Crippen LogP contribution in [0.25, 0.3) is 0 Å². The van der Waals surface area contributed by atoms with E-state index in [0.717, 1.165) is 12.1 Å². The van der Waals surface area contributed by atoms with E-state index in [0.29, 0.717) is 55.3 Å². The number of halogens is 6. The van der Waals surface area contributed by atoms with Crippen molar-refractivity contribution in [2.75, 3.05) is 49.7 Å². The first-order chi connectivity index (χ1) is 22.3. The lowest BCUT2D eigenvalue weighted by molar-refractivity contribution is -0.143. The van der Waals surface area contributed by atoms with Crippen molar-refractivity contribution in [1.29, 1.82) is 0 Å². The molecule has 9 nitrogen and oxygen atoms in total. The number of nitrogens with zero attached hydrogens (tertiary/aromatic N) is 4. The molecular weight excluding hydrogens is 630 g/mol. The molecule has 3 heterocycles. The van der Waals surface area contributed by atoms with Crippen molar-refractivity contribution in [3.63, 3.8) is 0 Å². The Balaban J connectivity index is 1.67. The minimum absolute atomic E-state index is 0.109. The van der Waals surface area contributed by atoms with Gasteiger partial charge in [0.25, 0.3) is 0 Å². The fraction of sp³-hybridized carbons (Fsp3) is 0.469. The third kappa shape index (κ3) is 7.10. The first-order valence-electron chi connectivity index (χ1n) is 15.3. The summed E-state index contributed by atoms with van der Waals surface area (Å²) >= 11 is 0. The quantitative estimate of drug-likeness (QED) is 0.308. The SMILES string of the molecule is CCOC(=O)N1c2ccc(OC)cc2C(c2ncc(N3CCNCC3)c(Cc3cc(C(F)(F)F)cc(C(F)(F)F)c3)n2)C(N)C1CC. The Labute approximate surface area is 268 Å². The number of anilines is 2. The predicted octanol–water partition coefficient (Wildman–Crippen LogP) is 5.74. The van der Waals surface area contributed by atoms with Gasteiger partial charge in [-0.05, 0) is 60.9 Å². The molecule has 15 heteroatoms. The molecule has 1 fully saturated rings. The Kier molecular flexibility index (Phi) is 9.87. The molecule has 2 aliphatic rings. The van der Waals surface area contributed by atoms with Crippen LogP contribution < -0.4 is 25.6 Å². The Morgan fingerprint density at radius 2 is 1.66 bits per heavy atom. The summed E-state index contributed by atoms with van der Waals surface area (Å²) in [5, 5.41) is 3.22. The zero-order chi connectivity index (χ0) is 34.1. The number of benzene rings is 2. The second kappa shape index (κ2) is 13.6. The van der Waals surface area contributed by atoms with Crippen molar-refractivity contribution in [1.82, 2.24) is 15.3 Å². The monoisotopic (exact) mass is 666 g/mol. The molecule has 5 rings (SSSR count). The van der Waals surface area contributed by atoms with Crippen molar-refractivity contribution >= 4 is 17.5 Å². The molecule has 1 saturated heterocycles.